The van der Waals surface area contributed by atoms with Gasteiger partial charge in [0, 0.05) is 6.54 Å². The molecule has 0 bridgehead atoms. The van der Waals surface area contributed by atoms with Gasteiger partial charge in [-0.3, -0.25) is 9.78 Å². The zero-order chi connectivity index (χ0) is 16.1. The summed E-state index contributed by atoms with van der Waals surface area (Å²) in [6, 6.07) is 6.38. The highest BCUT2D eigenvalue weighted by atomic mass is 19.1. The van der Waals surface area contributed by atoms with Crippen LogP contribution in [0.2, 0.25) is 0 Å². The maximum absolute atomic E-state index is 13.4. The average molecular weight is 303 g/mol. The van der Waals surface area contributed by atoms with E-state index in [0.717, 1.165) is 5.56 Å². The van der Waals surface area contributed by atoms with Gasteiger partial charge in [-0.25, -0.2) is 9.37 Å². The lowest BCUT2D eigenvalue weighted by atomic mass is 10.1. The van der Waals surface area contributed by atoms with E-state index >= 15 is 0 Å². The van der Waals surface area contributed by atoms with Crippen molar-refractivity contribution in [3.63, 3.8) is 0 Å². The minimum Gasteiger partial charge on any atom is -0.367 e. The Kier molecular flexibility index (Phi) is 5.00. The lowest BCUT2D eigenvalue weighted by molar-refractivity contribution is 0.0995. The van der Waals surface area contributed by atoms with E-state index in [1.165, 1.54) is 24.5 Å². The topological polar surface area (TPSA) is 84.1 Å². The summed E-state index contributed by atoms with van der Waals surface area (Å²) in [5.41, 5.74) is 6.11. The van der Waals surface area contributed by atoms with E-state index in [-0.39, 0.29) is 17.6 Å². The van der Waals surface area contributed by atoms with Gasteiger partial charge in [0.25, 0.3) is 5.91 Å². The smallest absolute Gasteiger partial charge is 0.268 e. The molecule has 0 spiro atoms. The highest BCUT2D eigenvalue weighted by Crippen LogP contribution is 2.19. The maximum atomic E-state index is 13.4. The van der Waals surface area contributed by atoms with E-state index < -0.39 is 5.91 Å². The van der Waals surface area contributed by atoms with Gasteiger partial charge in [0.15, 0.2) is 0 Å². The van der Waals surface area contributed by atoms with Crippen molar-refractivity contribution in [2.45, 2.75) is 6.04 Å². The van der Waals surface area contributed by atoms with Crippen molar-refractivity contribution in [1.82, 2.24) is 14.9 Å². The summed E-state index contributed by atoms with van der Waals surface area (Å²) in [4.78, 5) is 21.1. The minimum absolute atomic E-state index is 0.0604. The van der Waals surface area contributed by atoms with Gasteiger partial charge in [0.05, 0.1) is 18.4 Å². The van der Waals surface area contributed by atoms with Crippen LogP contribution >= 0.6 is 0 Å². The molecule has 22 heavy (non-hydrogen) atoms. The molecule has 116 valence electrons. The zero-order valence-corrected chi connectivity index (χ0v) is 12.5. The molecule has 3 N–H and O–H groups in total. The molecule has 7 heteroatoms. The summed E-state index contributed by atoms with van der Waals surface area (Å²) in [5.74, 6) is -0.468. The summed E-state index contributed by atoms with van der Waals surface area (Å²) in [5, 5.41) is 3.09. The van der Waals surface area contributed by atoms with E-state index in [1.54, 1.807) is 6.07 Å². The van der Waals surface area contributed by atoms with E-state index in [0.29, 0.717) is 12.4 Å². The number of nitrogens with one attached hydrogen (secondary N) is 1. The number of nitrogens with two attached hydrogens (primary N) is 1. The molecule has 1 atom stereocenters. The zero-order valence-electron chi connectivity index (χ0n) is 12.5. The van der Waals surface area contributed by atoms with Crippen LogP contribution in [0.1, 0.15) is 22.1 Å². The number of benzene rings is 1. The number of hydrogen-bond acceptors (Lipinski definition) is 5. The molecule has 1 heterocycles. The van der Waals surface area contributed by atoms with Crippen LogP contribution in [0.5, 0.6) is 0 Å². The molecule has 1 aromatic heterocycles. The third kappa shape index (κ3) is 3.98. The monoisotopic (exact) mass is 303 g/mol. The second-order valence-electron chi connectivity index (χ2n) is 5.07. The number of halogens is 1. The van der Waals surface area contributed by atoms with Gasteiger partial charge in [-0.15, -0.1) is 0 Å². The number of amides is 1. The highest BCUT2D eigenvalue weighted by molar-refractivity contribution is 5.90. The number of carbonyl (C=O) groups is 1. The number of anilines is 1. The van der Waals surface area contributed by atoms with Crippen LogP contribution < -0.4 is 11.1 Å². The average Bonchev–Trinajstić information content (AvgIpc) is 2.47. The molecule has 0 radical (unpaired) electrons. The van der Waals surface area contributed by atoms with Crippen molar-refractivity contribution in [2.75, 3.05) is 26.0 Å². The molecule has 0 saturated heterocycles. The fourth-order valence-electron chi connectivity index (χ4n) is 2.08. The highest BCUT2D eigenvalue weighted by Gasteiger charge is 2.15. The number of aromatic nitrogens is 2. The second-order valence-corrected chi connectivity index (χ2v) is 5.07. The molecule has 0 fully saturated rings. The van der Waals surface area contributed by atoms with E-state index in [4.69, 9.17) is 5.73 Å². The fourth-order valence-corrected chi connectivity index (χ4v) is 2.08. The van der Waals surface area contributed by atoms with Gasteiger partial charge in [-0.05, 0) is 31.8 Å². The summed E-state index contributed by atoms with van der Waals surface area (Å²) in [6.07, 6.45) is 2.81. The molecule has 1 amide bonds. The predicted molar refractivity (Wildman–Crippen MR) is 81.9 cm³/mol. The van der Waals surface area contributed by atoms with Crippen LogP contribution in [0.4, 0.5) is 10.2 Å². The normalized spacial score (nSPS) is 12.2. The molecule has 2 rings (SSSR count). The molecular weight excluding hydrogens is 285 g/mol. The Balaban J connectivity index is 2.13. The van der Waals surface area contributed by atoms with Crippen LogP contribution in [0, 0.1) is 5.82 Å². The van der Waals surface area contributed by atoms with Crippen LogP contribution in [0.25, 0.3) is 0 Å². The van der Waals surface area contributed by atoms with E-state index in [1.807, 2.05) is 25.1 Å². The number of likely N-dealkylation sites (N-methyl/N-ethyl adjacent to an activating group) is 1. The maximum Gasteiger partial charge on any atom is 0.268 e. The number of nitrogens with zero attached hydrogens (tertiary/aromatic N) is 3. The Labute approximate surface area is 128 Å². The third-order valence-electron chi connectivity index (χ3n) is 3.22. The van der Waals surface area contributed by atoms with Crippen molar-refractivity contribution in [2.24, 2.45) is 5.73 Å². The molecule has 1 aromatic carbocycles. The quantitative estimate of drug-likeness (QED) is 0.843. The lowest BCUT2D eigenvalue weighted by Crippen LogP contribution is -2.27. The van der Waals surface area contributed by atoms with Gasteiger partial charge in [-0.1, -0.05) is 12.1 Å². The first-order chi connectivity index (χ1) is 10.5. The summed E-state index contributed by atoms with van der Waals surface area (Å²) in [6.45, 7) is 0.480. The second kappa shape index (κ2) is 6.95. The van der Waals surface area contributed by atoms with Crippen LogP contribution in [-0.4, -0.2) is 41.4 Å². The van der Waals surface area contributed by atoms with Crippen molar-refractivity contribution in [3.8, 4) is 0 Å². The molecule has 1 unspecified atom stereocenters. The largest absolute Gasteiger partial charge is 0.367 e. The third-order valence-corrected chi connectivity index (χ3v) is 3.22. The molecule has 6 nitrogen and oxygen atoms in total. The number of carbonyl (C=O) groups excluding carboxylic acids is 1. The first-order valence-electron chi connectivity index (χ1n) is 6.75. The Bertz CT molecular complexity index is 662. The molecule has 0 aliphatic carbocycles. The van der Waals surface area contributed by atoms with Crippen molar-refractivity contribution in [1.29, 1.82) is 0 Å². The predicted octanol–water partition coefficient (Wildman–Crippen LogP) is 1.43. The first-order valence-corrected chi connectivity index (χ1v) is 6.75. The van der Waals surface area contributed by atoms with Crippen LogP contribution in [0.15, 0.2) is 36.7 Å². The van der Waals surface area contributed by atoms with E-state index in [2.05, 4.69) is 15.3 Å². The summed E-state index contributed by atoms with van der Waals surface area (Å²) < 4.78 is 13.4. The summed E-state index contributed by atoms with van der Waals surface area (Å²) in [7, 11) is 3.81. The Morgan fingerprint density at radius 2 is 2.18 bits per heavy atom. The van der Waals surface area contributed by atoms with Gasteiger partial charge in [-0.2, -0.15) is 0 Å². The molecule has 0 saturated carbocycles. The van der Waals surface area contributed by atoms with Crippen LogP contribution in [0.3, 0.4) is 0 Å². The SMILES string of the molecule is CN(C)C(CNc1cncc(C(N)=O)n1)c1cccc(F)c1. The lowest BCUT2D eigenvalue weighted by Gasteiger charge is -2.25. The number of rotatable bonds is 6. The Morgan fingerprint density at radius 3 is 2.82 bits per heavy atom. The minimum atomic E-state index is -0.634. The van der Waals surface area contributed by atoms with Gasteiger partial charge < -0.3 is 16.0 Å². The van der Waals surface area contributed by atoms with Crippen molar-refractivity contribution < 1.29 is 9.18 Å². The van der Waals surface area contributed by atoms with Crippen LogP contribution in [-0.2, 0) is 0 Å². The van der Waals surface area contributed by atoms with Gasteiger partial charge in [0.2, 0.25) is 0 Å². The number of primary amides is 1. The van der Waals surface area contributed by atoms with Gasteiger partial charge in [0.1, 0.15) is 17.3 Å². The molecule has 0 aliphatic heterocycles. The standard InChI is InChI=1S/C15H18FN5O/c1-21(2)13(10-4-3-5-11(16)6-10)8-19-14-9-18-7-12(20-14)15(17)22/h3-7,9,13H,8H2,1-2H3,(H2,17,22)(H,19,20). The molecule has 0 aliphatic rings. The van der Waals surface area contributed by atoms with Gasteiger partial charge >= 0.3 is 0 Å². The fraction of sp³-hybridized carbons (Fsp3) is 0.267. The number of hydrogen-bond donors (Lipinski definition) is 2. The molecule has 2 aromatic rings. The van der Waals surface area contributed by atoms with E-state index in [9.17, 15) is 9.18 Å². The Morgan fingerprint density at radius 1 is 1.41 bits per heavy atom. The molecular formula is C15H18FN5O. The Hall–Kier alpha value is -2.54. The van der Waals surface area contributed by atoms with Crippen molar-refractivity contribution >= 4 is 11.7 Å². The first kappa shape index (κ1) is 15.8. The summed E-state index contributed by atoms with van der Waals surface area (Å²) >= 11 is 0. The van der Waals surface area contributed by atoms with Crippen molar-refractivity contribution in [3.05, 3.63) is 53.7 Å².